The van der Waals surface area contributed by atoms with Crippen molar-refractivity contribution in [3.63, 3.8) is 0 Å². The number of carboxylic acid groups (broad SMARTS) is 1. The Bertz CT molecular complexity index is 1360. The smallest absolute Gasteiger partial charge is 0.305 e. The van der Waals surface area contributed by atoms with Gasteiger partial charge >= 0.3 is 5.97 Å². The Balaban J connectivity index is 1.67. The van der Waals surface area contributed by atoms with Gasteiger partial charge in [0.25, 0.3) is 5.56 Å². The Kier molecular flexibility index (Phi) is 10.8. The summed E-state index contributed by atoms with van der Waals surface area (Å²) in [5.41, 5.74) is -0.164. The molecule has 0 bridgehead atoms. The molecule has 14 heteroatoms. The maximum absolute atomic E-state index is 14.1. The van der Waals surface area contributed by atoms with Crippen LogP contribution in [0.4, 0.5) is 15.9 Å². The predicted octanol–water partition coefficient (Wildman–Crippen LogP) is 1.16. The van der Waals surface area contributed by atoms with E-state index in [4.69, 9.17) is 10.8 Å². The van der Waals surface area contributed by atoms with Crippen molar-refractivity contribution < 1.29 is 23.9 Å². The molecule has 0 spiro atoms. The van der Waals surface area contributed by atoms with E-state index >= 15 is 0 Å². The van der Waals surface area contributed by atoms with Crippen LogP contribution < -0.4 is 21.1 Å². The summed E-state index contributed by atoms with van der Waals surface area (Å²) in [6.07, 6.45) is 2.16. The largest absolute Gasteiger partial charge is 0.481 e. The molecule has 0 aliphatic carbocycles. The third-order valence-corrected chi connectivity index (χ3v) is 6.81. The summed E-state index contributed by atoms with van der Waals surface area (Å²) in [6, 6.07) is 4.07. The summed E-state index contributed by atoms with van der Waals surface area (Å²) in [7, 11) is 0. The number of aliphatic carboxylic acids is 1. The first-order valence-corrected chi connectivity index (χ1v) is 13.2. The van der Waals surface area contributed by atoms with Crippen molar-refractivity contribution in [1.29, 1.82) is 10.8 Å². The zero-order valence-electron chi connectivity index (χ0n) is 23.0. The predicted molar refractivity (Wildman–Crippen MR) is 152 cm³/mol. The fourth-order valence-corrected chi connectivity index (χ4v) is 4.48. The number of rotatable bonds is 14. The number of hydrogen-bond donors (Lipinski definition) is 5. The number of hydrogen-bond acceptors (Lipinski definition) is 10. The average molecular weight is 571 g/mol. The molecule has 2 unspecified atom stereocenters. The molecular formula is C27H35FN8O5. The number of aromatic nitrogens is 2. The number of halogens is 1. The third kappa shape index (κ3) is 8.27. The van der Waals surface area contributed by atoms with Crippen LogP contribution in [0.25, 0.3) is 0 Å². The summed E-state index contributed by atoms with van der Waals surface area (Å²) < 4.78 is 15.3. The number of carbonyl (C=O) groups excluding carboxylic acids is 2. The van der Waals surface area contributed by atoms with Crippen molar-refractivity contribution in [3.05, 3.63) is 52.8 Å². The van der Waals surface area contributed by atoms with Gasteiger partial charge in [-0.1, -0.05) is 19.1 Å². The number of ketones is 1. The molecule has 0 radical (unpaired) electrons. The Morgan fingerprint density at radius 1 is 1.15 bits per heavy atom. The SMILES string of the molecule is CCC(C(=O)NC(CC(=O)O)C(=O)CN1CCN(c2ccccc2F)CC1)n1ccnc(NCC(=N)C(C)=N)c1=O. The fourth-order valence-electron chi connectivity index (χ4n) is 4.48. The highest BCUT2D eigenvalue weighted by Crippen LogP contribution is 2.20. The van der Waals surface area contributed by atoms with Gasteiger partial charge in [-0.25, -0.2) is 9.37 Å². The summed E-state index contributed by atoms with van der Waals surface area (Å²) >= 11 is 0. The minimum absolute atomic E-state index is 0.0284. The molecule has 1 amide bonds. The summed E-state index contributed by atoms with van der Waals surface area (Å²) in [5.74, 6) is -2.89. The molecule has 1 aliphatic rings. The first kappa shape index (κ1) is 31.1. The van der Waals surface area contributed by atoms with Gasteiger partial charge in [0.2, 0.25) is 5.91 Å². The fraction of sp³-hybridized carbons (Fsp3) is 0.444. The van der Waals surface area contributed by atoms with E-state index in [9.17, 15) is 28.7 Å². The molecule has 2 aromatic rings. The molecule has 1 aromatic carbocycles. The molecular weight excluding hydrogens is 535 g/mol. The first-order valence-electron chi connectivity index (χ1n) is 13.2. The van der Waals surface area contributed by atoms with Crippen LogP contribution >= 0.6 is 0 Å². The van der Waals surface area contributed by atoms with Gasteiger partial charge in [-0.2, -0.15) is 0 Å². The number of nitrogens with one attached hydrogen (secondary N) is 4. The number of piperazine rings is 1. The minimum Gasteiger partial charge on any atom is -0.481 e. The lowest BCUT2D eigenvalue weighted by Crippen LogP contribution is -2.52. The van der Waals surface area contributed by atoms with E-state index in [-0.39, 0.29) is 42.6 Å². The molecule has 1 aromatic heterocycles. The van der Waals surface area contributed by atoms with E-state index in [1.165, 1.54) is 25.4 Å². The zero-order chi connectivity index (χ0) is 30.1. The highest BCUT2D eigenvalue weighted by Gasteiger charge is 2.30. The summed E-state index contributed by atoms with van der Waals surface area (Å²) in [5, 5.41) is 29.9. The normalized spacial score (nSPS) is 15.0. The number of Topliss-reactive ketones (excluding diaryl/α,β-unsaturated/α-hetero) is 1. The van der Waals surface area contributed by atoms with E-state index in [1.807, 2.05) is 9.80 Å². The average Bonchev–Trinajstić information content (AvgIpc) is 2.93. The Morgan fingerprint density at radius 2 is 1.83 bits per heavy atom. The van der Waals surface area contributed by atoms with Gasteiger partial charge in [0.05, 0.1) is 42.7 Å². The Morgan fingerprint density at radius 3 is 2.44 bits per heavy atom. The van der Waals surface area contributed by atoms with Crippen molar-refractivity contribution >= 4 is 40.6 Å². The molecule has 41 heavy (non-hydrogen) atoms. The number of carboxylic acids is 1. The maximum atomic E-state index is 14.1. The monoisotopic (exact) mass is 570 g/mol. The van der Waals surface area contributed by atoms with Crippen molar-refractivity contribution in [3.8, 4) is 0 Å². The Hall–Kier alpha value is -4.46. The standard InChI is InChI=1S/C27H35FN8O5/c1-3-21(36-9-8-31-25(27(36)41)32-15-19(30)17(2)29)26(40)33-20(14-24(38)39)23(37)16-34-10-12-35(13-11-34)22-7-5-4-6-18(22)28/h4-9,20-21,29-30H,3,10-16H2,1-2H3,(H,31,32)(H,33,40)(H,38,39). The Labute approximate surface area is 236 Å². The van der Waals surface area contributed by atoms with Crippen molar-refractivity contribution in [2.75, 3.05) is 49.5 Å². The van der Waals surface area contributed by atoms with Crippen LogP contribution in [-0.2, 0) is 14.4 Å². The lowest BCUT2D eigenvalue weighted by Gasteiger charge is -2.36. The molecule has 1 aliphatic heterocycles. The molecule has 0 saturated carbocycles. The first-order chi connectivity index (χ1) is 19.5. The van der Waals surface area contributed by atoms with Crippen molar-refractivity contribution in [1.82, 2.24) is 19.8 Å². The number of para-hydroxylation sites is 1. The van der Waals surface area contributed by atoms with Gasteiger partial charge in [0, 0.05) is 38.6 Å². The molecule has 3 rings (SSSR count). The second-order valence-corrected chi connectivity index (χ2v) is 9.71. The van der Waals surface area contributed by atoms with Crippen molar-refractivity contribution in [2.45, 2.75) is 38.8 Å². The number of carbonyl (C=O) groups is 3. The number of benzene rings is 1. The third-order valence-electron chi connectivity index (χ3n) is 6.81. The van der Waals surface area contributed by atoms with Gasteiger partial charge in [0.1, 0.15) is 11.9 Å². The van der Waals surface area contributed by atoms with Crippen LogP contribution in [0.5, 0.6) is 0 Å². The number of anilines is 2. The zero-order valence-corrected chi connectivity index (χ0v) is 23.0. The van der Waals surface area contributed by atoms with E-state index in [2.05, 4.69) is 15.6 Å². The van der Waals surface area contributed by atoms with Gasteiger partial charge < -0.3 is 31.5 Å². The lowest BCUT2D eigenvalue weighted by atomic mass is 10.1. The molecule has 1 fully saturated rings. The number of amides is 1. The quantitative estimate of drug-likeness (QED) is 0.208. The maximum Gasteiger partial charge on any atom is 0.305 e. The van der Waals surface area contributed by atoms with E-state index in [1.54, 1.807) is 25.1 Å². The molecule has 2 heterocycles. The number of nitrogens with zero attached hydrogens (tertiary/aromatic N) is 4. The highest BCUT2D eigenvalue weighted by molar-refractivity contribution is 6.40. The highest BCUT2D eigenvalue weighted by atomic mass is 19.1. The lowest BCUT2D eigenvalue weighted by molar-refractivity contribution is -0.140. The molecule has 220 valence electrons. The van der Waals surface area contributed by atoms with Crippen LogP contribution in [0.3, 0.4) is 0 Å². The summed E-state index contributed by atoms with van der Waals surface area (Å²) in [6.45, 7) is 4.76. The van der Waals surface area contributed by atoms with Crippen molar-refractivity contribution in [2.24, 2.45) is 0 Å². The van der Waals surface area contributed by atoms with Gasteiger partial charge in [-0.3, -0.25) is 28.6 Å². The minimum atomic E-state index is -1.31. The van der Waals surface area contributed by atoms with Crippen LogP contribution in [0.1, 0.15) is 32.7 Å². The van der Waals surface area contributed by atoms with Crippen LogP contribution in [0, 0.1) is 16.6 Å². The molecule has 1 saturated heterocycles. The van der Waals surface area contributed by atoms with Crippen LogP contribution in [0.2, 0.25) is 0 Å². The summed E-state index contributed by atoms with van der Waals surface area (Å²) in [4.78, 5) is 58.6. The second kappa shape index (κ2) is 14.3. The van der Waals surface area contributed by atoms with Gasteiger partial charge in [0.15, 0.2) is 11.6 Å². The van der Waals surface area contributed by atoms with E-state index in [0.717, 1.165) is 4.57 Å². The van der Waals surface area contributed by atoms with Crippen LogP contribution in [-0.4, -0.2) is 94.0 Å². The van der Waals surface area contributed by atoms with E-state index in [0.29, 0.717) is 31.9 Å². The van der Waals surface area contributed by atoms with Gasteiger partial charge in [-0.05, 0) is 25.5 Å². The molecule has 13 nitrogen and oxygen atoms in total. The van der Waals surface area contributed by atoms with E-state index < -0.39 is 41.7 Å². The second-order valence-electron chi connectivity index (χ2n) is 9.71. The topological polar surface area (TPSA) is 185 Å². The molecule has 5 N–H and O–H groups in total. The van der Waals surface area contributed by atoms with Crippen LogP contribution in [0.15, 0.2) is 41.5 Å². The molecule has 2 atom stereocenters. The van der Waals surface area contributed by atoms with Gasteiger partial charge in [-0.15, -0.1) is 0 Å².